The summed E-state index contributed by atoms with van der Waals surface area (Å²) in [6, 6.07) is 4.03. The lowest BCUT2D eigenvalue weighted by molar-refractivity contribution is 0.455. The first-order valence-corrected chi connectivity index (χ1v) is 4.96. The largest absolute Gasteiger partial charge is 0.326 e. The molecule has 0 amide bonds. The minimum Gasteiger partial charge on any atom is -0.326 e. The first-order chi connectivity index (χ1) is 6.58. The van der Waals surface area contributed by atoms with Crippen molar-refractivity contribution in [2.24, 2.45) is 5.73 Å². The number of hydrogen-bond acceptors (Lipinski definition) is 3. The van der Waals surface area contributed by atoms with E-state index in [-0.39, 0.29) is 5.54 Å². The summed E-state index contributed by atoms with van der Waals surface area (Å²) < 4.78 is 0. The minimum absolute atomic E-state index is 0.0781. The molecule has 78 valence electrons. The predicted octanol–water partition coefficient (Wildman–Crippen LogP) is 1.30. The fourth-order valence-electron chi connectivity index (χ4n) is 1.14. The lowest BCUT2D eigenvalue weighted by Crippen LogP contribution is -2.35. The van der Waals surface area contributed by atoms with Gasteiger partial charge in [-0.3, -0.25) is 4.98 Å². The number of hydrogen-bond donors (Lipinski definition) is 2. The number of aromatic nitrogens is 1. The van der Waals surface area contributed by atoms with Crippen LogP contribution in [-0.2, 0) is 6.54 Å². The molecule has 3 N–H and O–H groups in total. The highest BCUT2D eigenvalue weighted by Gasteiger charge is 2.08. The van der Waals surface area contributed by atoms with Gasteiger partial charge in [-0.15, -0.1) is 0 Å². The van der Waals surface area contributed by atoms with Crippen LogP contribution >= 0.6 is 0 Å². The molecule has 0 aliphatic rings. The van der Waals surface area contributed by atoms with E-state index in [2.05, 4.69) is 10.3 Å². The van der Waals surface area contributed by atoms with E-state index in [1.807, 2.05) is 38.4 Å². The highest BCUT2D eigenvalue weighted by molar-refractivity contribution is 5.08. The fourth-order valence-corrected chi connectivity index (χ4v) is 1.14. The molecule has 0 aliphatic heterocycles. The van der Waals surface area contributed by atoms with Gasteiger partial charge in [-0.05, 0) is 44.5 Å². The van der Waals surface area contributed by atoms with Gasteiger partial charge in [0.25, 0.3) is 0 Å². The van der Waals surface area contributed by atoms with Crippen molar-refractivity contribution in [3.05, 3.63) is 30.1 Å². The van der Waals surface area contributed by atoms with Gasteiger partial charge >= 0.3 is 0 Å². The number of nitrogens with one attached hydrogen (secondary N) is 1. The van der Waals surface area contributed by atoms with E-state index >= 15 is 0 Å². The maximum absolute atomic E-state index is 5.86. The smallest absolute Gasteiger partial charge is 0.0271 e. The summed E-state index contributed by atoms with van der Waals surface area (Å²) >= 11 is 0. The molecule has 0 saturated heterocycles. The second kappa shape index (κ2) is 5.08. The number of pyridine rings is 1. The van der Waals surface area contributed by atoms with Gasteiger partial charge in [-0.25, -0.2) is 0 Å². The number of nitrogens with zero attached hydrogens (tertiary/aromatic N) is 1. The van der Waals surface area contributed by atoms with Crippen LogP contribution < -0.4 is 11.1 Å². The summed E-state index contributed by atoms with van der Waals surface area (Å²) in [5.41, 5.74) is 7.05. The lowest BCUT2D eigenvalue weighted by atomic mass is 10.0. The van der Waals surface area contributed by atoms with Crippen LogP contribution in [-0.4, -0.2) is 17.1 Å². The van der Waals surface area contributed by atoms with Crippen molar-refractivity contribution in [1.82, 2.24) is 10.3 Å². The fraction of sp³-hybridized carbons (Fsp3) is 0.545. The monoisotopic (exact) mass is 193 g/mol. The third-order valence-corrected chi connectivity index (χ3v) is 2.02. The molecule has 14 heavy (non-hydrogen) atoms. The van der Waals surface area contributed by atoms with E-state index in [4.69, 9.17) is 5.73 Å². The average Bonchev–Trinajstić information content (AvgIpc) is 2.13. The molecular weight excluding hydrogens is 174 g/mol. The third-order valence-electron chi connectivity index (χ3n) is 2.02. The molecule has 0 aromatic carbocycles. The van der Waals surface area contributed by atoms with Crippen LogP contribution in [0.25, 0.3) is 0 Å². The van der Waals surface area contributed by atoms with Crippen molar-refractivity contribution in [2.45, 2.75) is 32.4 Å². The zero-order chi connectivity index (χ0) is 10.4. The molecule has 1 heterocycles. The average molecular weight is 193 g/mol. The standard InChI is InChI=1S/C11H19N3/c1-11(2,12)5-8-14-9-10-3-6-13-7-4-10/h3-4,6-7,14H,5,8-9,12H2,1-2H3. The van der Waals surface area contributed by atoms with Crippen LogP contribution in [0.4, 0.5) is 0 Å². The first kappa shape index (κ1) is 11.1. The lowest BCUT2D eigenvalue weighted by Gasteiger charge is -2.18. The zero-order valence-corrected chi connectivity index (χ0v) is 8.96. The molecule has 0 bridgehead atoms. The van der Waals surface area contributed by atoms with Crippen LogP contribution in [0.15, 0.2) is 24.5 Å². The molecule has 1 aromatic heterocycles. The molecule has 0 fully saturated rings. The molecule has 0 radical (unpaired) electrons. The molecule has 0 saturated carbocycles. The zero-order valence-electron chi connectivity index (χ0n) is 8.96. The van der Waals surface area contributed by atoms with Crippen molar-refractivity contribution in [3.63, 3.8) is 0 Å². The molecule has 0 spiro atoms. The normalized spacial score (nSPS) is 11.6. The molecular formula is C11H19N3. The second-order valence-corrected chi connectivity index (χ2v) is 4.27. The Hall–Kier alpha value is -0.930. The first-order valence-electron chi connectivity index (χ1n) is 4.96. The molecule has 0 unspecified atom stereocenters. The van der Waals surface area contributed by atoms with Gasteiger partial charge in [0.2, 0.25) is 0 Å². The molecule has 3 heteroatoms. The highest BCUT2D eigenvalue weighted by atomic mass is 14.9. The van der Waals surface area contributed by atoms with Gasteiger partial charge in [0, 0.05) is 24.5 Å². The summed E-state index contributed by atoms with van der Waals surface area (Å²) in [5.74, 6) is 0. The summed E-state index contributed by atoms with van der Waals surface area (Å²) in [6.45, 7) is 5.92. The Morgan fingerprint density at radius 2 is 2.00 bits per heavy atom. The SMILES string of the molecule is CC(C)(N)CCNCc1ccncc1. The van der Waals surface area contributed by atoms with Crippen molar-refractivity contribution >= 4 is 0 Å². The maximum atomic E-state index is 5.86. The van der Waals surface area contributed by atoms with Crippen molar-refractivity contribution in [2.75, 3.05) is 6.54 Å². The van der Waals surface area contributed by atoms with Gasteiger partial charge < -0.3 is 11.1 Å². The van der Waals surface area contributed by atoms with Gasteiger partial charge in [0.15, 0.2) is 0 Å². The number of nitrogens with two attached hydrogens (primary N) is 1. The summed E-state index contributed by atoms with van der Waals surface area (Å²) in [6.07, 6.45) is 4.60. The Balaban J connectivity index is 2.17. The Morgan fingerprint density at radius 1 is 1.36 bits per heavy atom. The molecule has 3 nitrogen and oxygen atoms in total. The van der Waals surface area contributed by atoms with E-state index in [9.17, 15) is 0 Å². The van der Waals surface area contributed by atoms with Crippen molar-refractivity contribution in [3.8, 4) is 0 Å². The van der Waals surface area contributed by atoms with Crippen LogP contribution in [0.2, 0.25) is 0 Å². The van der Waals surface area contributed by atoms with Gasteiger partial charge in [0.05, 0.1) is 0 Å². The van der Waals surface area contributed by atoms with Gasteiger partial charge in [-0.2, -0.15) is 0 Å². The molecule has 0 aliphatic carbocycles. The molecule has 1 aromatic rings. The van der Waals surface area contributed by atoms with Crippen molar-refractivity contribution in [1.29, 1.82) is 0 Å². The second-order valence-electron chi connectivity index (χ2n) is 4.27. The summed E-state index contributed by atoms with van der Waals surface area (Å²) in [7, 11) is 0. The maximum Gasteiger partial charge on any atom is 0.0271 e. The Morgan fingerprint density at radius 3 is 2.57 bits per heavy atom. The van der Waals surface area contributed by atoms with Crippen LogP contribution in [0, 0.1) is 0 Å². The Kier molecular flexibility index (Phi) is 4.04. The van der Waals surface area contributed by atoms with E-state index in [0.717, 1.165) is 19.5 Å². The number of rotatable bonds is 5. The van der Waals surface area contributed by atoms with E-state index in [0.29, 0.717) is 0 Å². The van der Waals surface area contributed by atoms with Gasteiger partial charge in [-0.1, -0.05) is 0 Å². The molecule has 0 atom stereocenters. The van der Waals surface area contributed by atoms with E-state index < -0.39 is 0 Å². The van der Waals surface area contributed by atoms with E-state index in [1.165, 1.54) is 5.56 Å². The highest BCUT2D eigenvalue weighted by Crippen LogP contribution is 2.02. The predicted molar refractivity (Wildman–Crippen MR) is 58.8 cm³/mol. The van der Waals surface area contributed by atoms with Crippen molar-refractivity contribution < 1.29 is 0 Å². The minimum atomic E-state index is -0.0781. The summed E-state index contributed by atoms with van der Waals surface area (Å²) in [5, 5.41) is 3.35. The topological polar surface area (TPSA) is 50.9 Å². The van der Waals surface area contributed by atoms with Crippen LogP contribution in [0.3, 0.4) is 0 Å². The quantitative estimate of drug-likeness (QED) is 0.693. The Bertz CT molecular complexity index is 251. The Labute approximate surface area is 85.7 Å². The van der Waals surface area contributed by atoms with Gasteiger partial charge in [0.1, 0.15) is 0 Å². The third kappa shape index (κ3) is 4.94. The van der Waals surface area contributed by atoms with Crippen LogP contribution in [0.1, 0.15) is 25.8 Å². The van der Waals surface area contributed by atoms with E-state index in [1.54, 1.807) is 0 Å². The molecule has 1 rings (SSSR count). The van der Waals surface area contributed by atoms with Crippen LogP contribution in [0.5, 0.6) is 0 Å². The summed E-state index contributed by atoms with van der Waals surface area (Å²) in [4.78, 5) is 3.97.